The summed E-state index contributed by atoms with van der Waals surface area (Å²) in [6, 6.07) is 7.28. The van der Waals surface area contributed by atoms with E-state index in [1.807, 2.05) is 0 Å². The summed E-state index contributed by atoms with van der Waals surface area (Å²) in [6.07, 6.45) is 7.11. The predicted octanol–water partition coefficient (Wildman–Crippen LogP) is 5.22. The van der Waals surface area contributed by atoms with Crippen LogP contribution in [0.4, 0.5) is 0 Å². The molecule has 2 heteroatoms. The summed E-state index contributed by atoms with van der Waals surface area (Å²) >= 11 is 0. The van der Waals surface area contributed by atoms with Crippen LogP contribution in [0.5, 0.6) is 0 Å². The molecule has 1 aromatic carbocycles. The Morgan fingerprint density at radius 1 is 1.24 bits per heavy atom. The molecule has 1 fully saturated rings. The topological polar surface area (TPSA) is 29.5 Å². The van der Waals surface area contributed by atoms with E-state index in [2.05, 4.69) is 45.9 Å². The molecule has 1 unspecified atom stereocenters. The second kappa shape index (κ2) is 7.40. The summed E-state index contributed by atoms with van der Waals surface area (Å²) in [5, 5.41) is 8.99. The summed E-state index contributed by atoms with van der Waals surface area (Å²) in [4.78, 5) is 0. The van der Waals surface area contributed by atoms with Crippen LogP contribution in [0.25, 0.3) is 0 Å². The van der Waals surface area contributed by atoms with Crippen molar-refractivity contribution in [3.63, 3.8) is 0 Å². The largest absolute Gasteiger partial charge is 0.396 e. The Labute approximate surface area is 154 Å². The molecule has 3 atom stereocenters. The molecule has 2 nitrogen and oxygen atoms in total. The predicted molar refractivity (Wildman–Crippen MR) is 104 cm³/mol. The first-order valence-corrected chi connectivity index (χ1v) is 10.2. The Balaban J connectivity index is 1.85. The molecule has 0 amide bonds. The van der Waals surface area contributed by atoms with Crippen molar-refractivity contribution in [2.45, 2.75) is 77.6 Å². The fraction of sp³-hybridized carbons (Fsp3) is 0.739. The zero-order valence-corrected chi connectivity index (χ0v) is 16.6. The van der Waals surface area contributed by atoms with Crippen LogP contribution in [0.15, 0.2) is 18.2 Å². The lowest BCUT2D eigenvalue weighted by Crippen LogP contribution is -2.51. The maximum atomic E-state index is 8.99. The van der Waals surface area contributed by atoms with E-state index in [1.165, 1.54) is 37.7 Å². The van der Waals surface area contributed by atoms with Gasteiger partial charge in [-0.05, 0) is 71.5 Å². The number of fused-ring (bicyclic) bond motifs is 3. The van der Waals surface area contributed by atoms with Gasteiger partial charge in [-0.15, -0.1) is 0 Å². The smallest absolute Gasteiger partial charge is 0.0522 e. The van der Waals surface area contributed by atoms with Crippen LogP contribution < -0.4 is 0 Å². The van der Waals surface area contributed by atoms with Gasteiger partial charge in [-0.1, -0.05) is 52.3 Å². The lowest BCUT2D eigenvalue weighted by Gasteiger charge is -2.55. The van der Waals surface area contributed by atoms with Crippen molar-refractivity contribution in [1.29, 1.82) is 0 Å². The van der Waals surface area contributed by atoms with Crippen molar-refractivity contribution >= 4 is 0 Å². The summed E-state index contributed by atoms with van der Waals surface area (Å²) in [5.74, 6) is 1.30. The number of aryl methyl sites for hydroxylation is 1. The number of ether oxygens (including phenoxy) is 1. The number of aliphatic hydroxyl groups is 1. The number of benzene rings is 1. The first-order valence-electron chi connectivity index (χ1n) is 10.2. The zero-order chi connectivity index (χ0) is 18.1. The first kappa shape index (κ1) is 18.9. The number of aliphatic hydroxyl groups excluding tert-OH is 1. The molecule has 1 saturated carbocycles. The Bertz CT molecular complexity index is 594. The monoisotopic (exact) mass is 344 g/mol. The minimum Gasteiger partial charge on any atom is -0.396 e. The number of rotatable bonds is 6. The second-order valence-corrected chi connectivity index (χ2v) is 9.22. The van der Waals surface area contributed by atoms with Crippen molar-refractivity contribution in [2.24, 2.45) is 11.3 Å². The fourth-order valence-corrected chi connectivity index (χ4v) is 5.65. The Morgan fingerprint density at radius 3 is 2.76 bits per heavy atom. The Kier molecular flexibility index (Phi) is 5.60. The minimum atomic E-state index is 0.226. The maximum absolute atomic E-state index is 8.99. The van der Waals surface area contributed by atoms with E-state index in [1.54, 1.807) is 11.1 Å². The van der Waals surface area contributed by atoms with Crippen molar-refractivity contribution < 1.29 is 9.84 Å². The highest BCUT2D eigenvalue weighted by atomic mass is 16.5. The molecular formula is C23H36O2. The quantitative estimate of drug-likeness (QED) is 0.717. The van der Waals surface area contributed by atoms with E-state index in [9.17, 15) is 0 Å². The van der Waals surface area contributed by atoms with Gasteiger partial charge in [0.25, 0.3) is 0 Å². The Morgan fingerprint density at radius 2 is 2.04 bits per heavy atom. The summed E-state index contributed by atoms with van der Waals surface area (Å²) in [7, 11) is 0. The molecule has 1 aromatic rings. The molecule has 0 aliphatic heterocycles. The number of hydrogen-bond acceptors (Lipinski definition) is 2. The standard InChI is InChI=1S/C23H36O2/c1-17(2)18-7-9-20-19(15-18)8-10-21-22(3,16-25-14-6-13-24)11-5-12-23(20,21)4/h7,9,15,17,21,24H,5-6,8,10-14,16H2,1-4H3/t21?,22-,23-/m1/s1. The molecule has 140 valence electrons. The third kappa shape index (κ3) is 3.53. The lowest BCUT2D eigenvalue weighted by atomic mass is 9.50. The average Bonchev–Trinajstić information content (AvgIpc) is 2.58. The highest BCUT2D eigenvalue weighted by Gasteiger charge is 2.51. The molecule has 2 aliphatic rings. The van der Waals surface area contributed by atoms with Gasteiger partial charge >= 0.3 is 0 Å². The van der Waals surface area contributed by atoms with Crippen LogP contribution in [-0.4, -0.2) is 24.9 Å². The summed E-state index contributed by atoms with van der Waals surface area (Å²) < 4.78 is 5.99. The molecule has 1 N–H and O–H groups in total. The maximum Gasteiger partial charge on any atom is 0.0522 e. The normalized spacial score (nSPS) is 31.7. The SMILES string of the molecule is CC(C)c1ccc2c(c1)CCC1[C@@](C)(COCCCO)CCC[C@]21C. The van der Waals surface area contributed by atoms with Crippen LogP contribution in [-0.2, 0) is 16.6 Å². The summed E-state index contributed by atoms with van der Waals surface area (Å²) in [6.45, 7) is 11.3. The van der Waals surface area contributed by atoms with Crippen LogP contribution in [0, 0.1) is 11.3 Å². The molecule has 25 heavy (non-hydrogen) atoms. The second-order valence-electron chi connectivity index (χ2n) is 9.22. The summed E-state index contributed by atoms with van der Waals surface area (Å²) in [5.41, 5.74) is 5.23. The zero-order valence-electron chi connectivity index (χ0n) is 16.6. The van der Waals surface area contributed by atoms with Crippen LogP contribution in [0.3, 0.4) is 0 Å². The first-order chi connectivity index (χ1) is 11.9. The molecule has 0 aromatic heterocycles. The third-order valence-electron chi connectivity index (χ3n) is 7.05. The van der Waals surface area contributed by atoms with E-state index in [0.717, 1.165) is 13.0 Å². The molecule has 0 saturated heterocycles. The van der Waals surface area contributed by atoms with Crippen LogP contribution in [0.1, 0.15) is 82.4 Å². The van der Waals surface area contributed by atoms with Crippen molar-refractivity contribution in [1.82, 2.24) is 0 Å². The van der Waals surface area contributed by atoms with E-state index in [4.69, 9.17) is 9.84 Å². The van der Waals surface area contributed by atoms with Crippen molar-refractivity contribution in [3.05, 3.63) is 34.9 Å². The molecule has 0 heterocycles. The molecule has 0 spiro atoms. The highest BCUT2D eigenvalue weighted by Crippen LogP contribution is 2.57. The average molecular weight is 345 g/mol. The van der Waals surface area contributed by atoms with E-state index >= 15 is 0 Å². The van der Waals surface area contributed by atoms with Crippen LogP contribution >= 0.6 is 0 Å². The third-order valence-corrected chi connectivity index (χ3v) is 7.05. The van der Waals surface area contributed by atoms with Crippen molar-refractivity contribution in [3.8, 4) is 0 Å². The van der Waals surface area contributed by atoms with Crippen LogP contribution in [0.2, 0.25) is 0 Å². The molecular weight excluding hydrogens is 308 g/mol. The molecule has 2 aliphatic carbocycles. The lowest BCUT2D eigenvalue weighted by molar-refractivity contribution is -0.0481. The molecule has 0 bridgehead atoms. The van der Waals surface area contributed by atoms with Gasteiger partial charge < -0.3 is 9.84 Å². The fourth-order valence-electron chi connectivity index (χ4n) is 5.65. The molecule has 0 radical (unpaired) electrons. The van der Waals surface area contributed by atoms with Gasteiger partial charge in [-0.2, -0.15) is 0 Å². The van der Waals surface area contributed by atoms with Crippen molar-refractivity contribution in [2.75, 3.05) is 19.8 Å². The van der Waals surface area contributed by atoms with Gasteiger partial charge in [0.2, 0.25) is 0 Å². The number of hydrogen-bond donors (Lipinski definition) is 1. The van der Waals surface area contributed by atoms with Gasteiger partial charge in [0.15, 0.2) is 0 Å². The van der Waals surface area contributed by atoms with Gasteiger partial charge in [0, 0.05) is 13.2 Å². The minimum absolute atomic E-state index is 0.226. The van der Waals surface area contributed by atoms with E-state index in [0.29, 0.717) is 18.4 Å². The Hall–Kier alpha value is -0.860. The van der Waals surface area contributed by atoms with E-state index < -0.39 is 0 Å². The highest BCUT2D eigenvalue weighted by molar-refractivity contribution is 5.42. The van der Waals surface area contributed by atoms with Gasteiger partial charge in [-0.25, -0.2) is 0 Å². The van der Waals surface area contributed by atoms with E-state index in [-0.39, 0.29) is 17.4 Å². The van der Waals surface area contributed by atoms with Gasteiger partial charge in [0.05, 0.1) is 6.61 Å². The molecule has 3 rings (SSSR count). The van der Waals surface area contributed by atoms with Gasteiger partial charge in [0.1, 0.15) is 0 Å². The van der Waals surface area contributed by atoms with Gasteiger partial charge in [-0.3, -0.25) is 0 Å².